The SMILES string of the molecule is CCCCNCCN=C(N)C(N)=NCCNCCCC. The number of aliphatic imine (C=N–C) groups is 2. The normalized spacial score (nSPS) is 12.9. The van der Waals surface area contributed by atoms with Gasteiger partial charge in [0.15, 0.2) is 11.7 Å². The van der Waals surface area contributed by atoms with E-state index in [-0.39, 0.29) is 0 Å². The summed E-state index contributed by atoms with van der Waals surface area (Å²) in [6.07, 6.45) is 4.77. The Labute approximate surface area is 123 Å². The average molecular weight is 284 g/mol. The maximum absolute atomic E-state index is 5.77. The third-order valence-electron chi connectivity index (χ3n) is 2.82. The van der Waals surface area contributed by atoms with Gasteiger partial charge in [0, 0.05) is 13.1 Å². The summed E-state index contributed by atoms with van der Waals surface area (Å²) < 4.78 is 0. The first-order chi connectivity index (χ1) is 9.72. The number of hydrogen-bond donors (Lipinski definition) is 4. The van der Waals surface area contributed by atoms with Crippen LogP contribution in [0.1, 0.15) is 39.5 Å². The molecule has 0 saturated heterocycles. The molecule has 6 N–H and O–H groups in total. The molecule has 20 heavy (non-hydrogen) atoms. The Hall–Kier alpha value is -1.14. The van der Waals surface area contributed by atoms with E-state index in [1.54, 1.807) is 0 Å². The maximum Gasteiger partial charge on any atom is 0.161 e. The standard InChI is InChI=1S/C14H32N6/c1-3-5-7-17-9-11-19-13(15)14(16)20-12-10-18-8-6-4-2/h17-18H,3-12H2,1-2H3,(H2,15,19)(H2,16,20). The van der Waals surface area contributed by atoms with E-state index in [0.29, 0.717) is 24.8 Å². The highest BCUT2D eigenvalue weighted by Gasteiger charge is 1.97. The van der Waals surface area contributed by atoms with Crippen molar-refractivity contribution in [2.75, 3.05) is 39.3 Å². The summed E-state index contributed by atoms with van der Waals surface area (Å²) in [6.45, 7) is 9.33. The van der Waals surface area contributed by atoms with Crippen molar-refractivity contribution in [3.63, 3.8) is 0 Å². The van der Waals surface area contributed by atoms with E-state index in [9.17, 15) is 0 Å². The van der Waals surface area contributed by atoms with Gasteiger partial charge in [-0.25, -0.2) is 0 Å². The van der Waals surface area contributed by atoms with E-state index < -0.39 is 0 Å². The third kappa shape index (κ3) is 11.9. The number of unbranched alkanes of at least 4 members (excludes halogenated alkanes) is 2. The van der Waals surface area contributed by atoms with Gasteiger partial charge in [0.05, 0.1) is 13.1 Å². The number of rotatable bonds is 12. The molecule has 0 aromatic rings. The molecule has 6 heteroatoms. The molecule has 0 aromatic heterocycles. The fraction of sp³-hybridized carbons (Fsp3) is 0.857. The molecule has 0 unspecified atom stereocenters. The second kappa shape index (κ2) is 14.3. The van der Waals surface area contributed by atoms with Gasteiger partial charge in [0.2, 0.25) is 0 Å². The second-order valence-corrected chi connectivity index (χ2v) is 4.74. The van der Waals surface area contributed by atoms with Crippen molar-refractivity contribution >= 4 is 11.7 Å². The zero-order valence-electron chi connectivity index (χ0n) is 13.1. The van der Waals surface area contributed by atoms with Crippen LogP contribution < -0.4 is 22.1 Å². The van der Waals surface area contributed by atoms with Gasteiger partial charge < -0.3 is 22.1 Å². The molecule has 0 spiro atoms. The Morgan fingerprint density at radius 1 is 0.750 bits per heavy atom. The fourth-order valence-electron chi connectivity index (χ4n) is 1.53. The van der Waals surface area contributed by atoms with E-state index in [1.165, 1.54) is 25.7 Å². The molecule has 0 aliphatic rings. The maximum atomic E-state index is 5.77. The number of nitrogens with zero attached hydrogens (tertiary/aromatic N) is 2. The van der Waals surface area contributed by atoms with Crippen molar-refractivity contribution in [1.29, 1.82) is 0 Å². The van der Waals surface area contributed by atoms with Crippen molar-refractivity contribution in [3.05, 3.63) is 0 Å². The van der Waals surface area contributed by atoms with Crippen LogP contribution in [0.3, 0.4) is 0 Å². The Morgan fingerprint density at radius 2 is 1.15 bits per heavy atom. The van der Waals surface area contributed by atoms with Crippen LogP contribution in [0.4, 0.5) is 0 Å². The molecule has 6 nitrogen and oxygen atoms in total. The first-order valence-electron chi connectivity index (χ1n) is 7.74. The molecule has 0 saturated carbocycles. The first-order valence-corrected chi connectivity index (χ1v) is 7.74. The van der Waals surface area contributed by atoms with Crippen molar-refractivity contribution in [1.82, 2.24) is 10.6 Å². The predicted molar refractivity (Wildman–Crippen MR) is 88.5 cm³/mol. The van der Waals surface area contributed by atoms with E-state index in [0.717, 1.165) is 26.2 Å². The highest BCUT2D eigenvalue weighted by atomic mass is 15.0. The molecule has 0 heterocycles. The highest BCUT2D eigenvalue weighted by Crippen LogP contribution is 1.83. The van der Waals surface area contributed by atoms with Gasteiger partial charge in [-0.05, 0) is 25.9 Å². The minimum Gasteiger partial charge on any atom is -0.381 e. The van der Waals surface area contributed by atoms with E-state index in [1.807, 2.05) is 0 Å². The van der Waals surface area contributed by atoms with Crippen LogP contribution in [0, 0.1) is 0 Å². The van der Waals surface area contributed by atoms with Crippen molar-refractivity contribution in [3.8, 4) is 0 Å². The van der Waals surface area contributed by atoms with Crippen LogP contribution in [0.5, 0.6) is 0 Å². The number of nitrogens with one attached hydrogen (secondary N) is 2. The minimum atomic E-state index is 0.343. The molecule has 0 aromatic carbocycles. The summed E-state index contributed by atoms with van der Waals surface area (Å²) in [7, 11) is 0. The summed E-state index contributed by atoms with van der Waals surface area (Å²) in [5.74, 6) is 0.687. The number of nitrogens with two attached hydrogens (primary N) is 2. The van der Waals surface area contributed by atoms with Gasteiger partial charge in [-0.15, -0.1) is 0 Å². The van der Waals surface area contributed by atoms with Gasteiger partial charge >= 0.3 is 0 Å². The predicted octanol–water partition coefficient (Wildman–Crippen LogP) is 0.480. The van der Waals surface area contributed by atoms with Crippen molar-refractivity contribution in [2.24, 2.45) is 21.5 Å². The summed E-state index contributed by atoms with van der Waals surface area (Å²) in [6, 6.07) is 0. The molecule has 0 aliphatic carbocycles. The fourth-order valence-corrected chi connectivity index (χ4v) is 1.53. The lowest BCUT2D eigenvalue weighted by Gasteiger charge is -2.04. The van der Waals surface area contributed by atoms with Crippen LogP contribution in [0.25, 0.3) is 0 Å². The third-order valence-corrected chi connectivity index (χ3v) is 2.82. The van der Waals surface area contributed by atoms with Crippen molar-refractivity contribution in [2.45, 2.75) is 39.5 Å². The quantitative estimate of drug-likeness (QED) is 0.238. The number of amidine groups is 2. The van der Waals surface area contributed by atoms with Crippen LogP contribution in [-0.4, -0.2) is 50.9 Å². The summed E-state index contributed by atoms with van der Waals surface area (Å²) in [4.78, 5) is 8.41. The van der Waals surface area contributed by atoms with Gasteiger partial charge in [-0.3, -0.25) is 9.98 Å². The van der Waals surface area contributed by atoms with Gasteiger partial charge in [0.25, 0.3) is 0 Å². The van der Waals surface area contributed by atoms with E-state index >= 15 is 0 Å². The van der Waals surface area contributed by atoms with Crippen molar-refractivity contribution < 1.29 is 0 Å². The molecular weight excluding hydrogens is 252 g/mol. The molecule has 118 valence electrons. The van der Waals surface area contributed by atoms with Crippen LogP contribution in [0.2, 0.25) is 0 Å². The van der Waals surface area contributed by atoms with Crippen LogP contribution in [0.15, 0.2) is 9.98 Å². The molecule has 0 radical (unpaired) electrons. The Morgan fingerprint density at radius 3 is 1.50 bits per heavy atom. The molecule has 0 amide bonds. The monoisotopic (exact) mass is 284 g/mol. The minimum absolute atomic E-state index is 0.343. The first kappa shape index (κ1) is 18.9. The lowest BCUT2D eigenvalue weighted by atomic mass is 10.3. The van der Waals surface area contributed by atoms with Crippen LogP contribution >= 0.6 is 0 Å². The molecule has 0 bridgehead atoms. The average Bonchev–Trinajstić information content (AvgIpc) is 2.45. The zero-order valence-corrected chi connectivity index (χ0v) is 13.1. The Balaban J connectivity index is 3.68. The zero-order chi connectivity index (χ0) is 15.1. The highest BCUT2D eigenvalue weighted by molar-refractivity contribution is 6.39. The number of hydrogen-bond acceptors (Lipinski definition) is 4. The van der Waals surface area contributed by atoms with Gasteiger partial charge in [-0.1, -0.05) is 26.7 Å². The van der Waals surface area contributed by atoms with E-state index in [4.69, 9.17) is 11.5 Å². The molecule has 0 rings (SSSR count). The molecule has 0 atom stereocenters. The molecule has 0 fully saturated rings. The summed E-state index contributed by atoms with van der Waals surface area (Å²) in [5, 5.41) is 6.60. The molecule has 0 aliphatic heterocycles. The summed E-state index contributed by atoms with van der Waals surface area (Å²) >= 11 is 0. The second-order valence-electron chi connectivity index (χ2n) is 4.74. The van der Waals surface area contributed by atoms with E-state index in [2.05, 4.69) is 34.5 Å². The largest absolute Gasteiger partial charge is 0.381 e. The topological polar surface area (TPSA) is 101 Å². The Kier molecular flexibility index (Phi) is 13.5. The van der Waals surface area contributed by atoms with Gasteiger partial charge in [-0.2, -0.15) is 0 Å². The Bertz CT molecular complexity index is 247. The molecular formula is C14H32N6. The summed E-state index contributed by atoms with van der Waals surface area (Å²) in [5.41, 5.74) is 11.5. The van der Waals surface area contributed by atoms with Crippen LogP contribution in [-0.2, 0) is 0 Å². The smallest absolute Gasteiger partial charge is 0.161 e. The van der Waals surface area contributed by atoms with Gasteiger partial charge in [0.1, 0.15) is 0 Å². The lowest BCUT2D eigenvalue weighted by molar-refractivity contribution is 0.645. The lowest BCUT2D eigenvalue weighted by Crippen LogP contribution is -2.33.